The van der Waals surface area contributed by atoms with Gasteiger partial charge in [-0.3, -0.25) is 9.69 Å². The number of nitrogens with one attached hydrogen (secondary N) is 1. The summed E-state index contributed by atoms with van der Waals surface area (Å²) < 4.78 is 94.2. The number of hydrogen-bond donors (Lipinski definition) is 2. The van der Waals surface area contributed by atoms with Crippen LogP contribution in [-0.4, -0.2) is 59.6 Å². The summed E-state index contributed by atoms with van der Waals surface area (Å²) in [5, 5.41) is 11.8. The van der Waals surface area contributed by atoms with E-state index in [2.05, 4.69) is 10.2 Å². The van der Waals surface area contributed by atoms with Crippen molar-refractivity contribution in [3.63, 3.8) is 0 Å². The molecule has 0 radical (unpaired) electrons. The van der Waals surface area contributed by atoms with Crippen LogP contribution in [0.2, 0.25) is 0 Å². The van der Waals surface area contributed by atoms with E-state index in [0.29, 0.717) is 43.2 Å². The molecule has 2 fully saturated rings. The average molecular weight is 646 g/mol. The number of urea groups is 1. The lowest BCUT2D eigenvalue weighted by Gasteiger charge is -2.43. The minimum Gasteiger partial charge on any atom is -0.481 e. The molecule has 2 aliphatic rings. The summed E-state index contributed by atoms with van der Waals surface area (Å²) >= 11 is 0. The monoisotopic (exact) mass is 645 g/mol. The Morgan fingerprint density at radius 1 is 0.933 bits per heavy atom. The molecule has 1 aliphatic carbocycles. The van der Waals surface area contributed by atoms with Crippen LogP contribution >= 0.6 is 0 Å². The quantitative estimate of drug-likeness (QED) is 0.290. The van der Waals surface area contributed by atoms with E-state index in [-0.39, 0.29) is 30.5 Å². The number of hydrogen-bond acceptors (Lipinski definition) is 3. The van der Waals surface area contributed by atoms with Gasteiger partial charge in [-0.25, -0.2) is 9.18 Å². The number of benzene rings is 2. The van der Waals surface area contributed by atoms with Crippen LogP contribution in [0.25, 0.3) is 0 Å². The first-order chi connectivity index (χ1) is 21.0. The first-order valence-corrected chi connectivity index (χ1v) is 15.0. The number of piperazine rings is 1. The summed E-state index contributed by atoms with van der Waals surface area (Å²) in [6.07, 6.45) is -6.29. The average Bonchev–Trinajstić information content (AvgIpc) is 2.95. The molecule has 1 saturated carbocycles. The van der Waals surface area contributed by atoms with E-state index in [1.165, 1.54) is 19.1 Å². The number of rotatable bonds is 8. The number of carbonyl (C=O) groups excluding carboxylic acids is 1. The van der Waals surface area contributed by atoms with Gasteiger partial charge < -0.3 is 15.3 Å². The lowest BCUT2D eigenvalue weighted by Crippen LogP contribution is -2.54. The molecule has 2 amide bonds. The molecule has 45 heavy (non-hydrogen) atoms. The highest BCUT2D eigenvalue weighted by Gasteiger charge is 2.38. The van der Waals surface area contributed by atoms with Crippen molar-refractivity contribution in [2.45, 2.75) is 70.3 Å². The number of carboxylic acids is 1. The SMILES string of the molecule is Cc1cc(F)ccc1C1CN(CC2CCC(CC(=O)O)CC2)CCN1C(=O)NC[C@H](C)c1cc(C(F)(F)F)cc(C(F)(F)F)c1. The zero-order valence-corrected chi connectivity index (χ0v) is 25.1. The Bertz CT molecular complexity index is 1320. The predicted octanol–water partition coefficient (Wildman–Crippen LogP) is 7.62. The zero-order chi connectivity index (χ0) is 33.1. The third kappa shape index (κ3) is 9.11. The summed E-state index contributed by atoms with van der Waals surface area (Å²) in [7, 11) is 0. The molecule has 13 heteroatoms. The van der Waals surface area contributed by atoms with Gasteiger partial charge in [-0.1, -0.05) is 13.0 Å². The van der Waals surface area contributed by atoms with Crippen molar-refractivity contribution in [2.75, 3.05) is 32.7 Å². The normalized spacial score (nSPS) is 22.2. The van der Waals surface area contributed by atoms with Gasteiger partial charge in [-0.05, 0) is 97.4 Å². The third-order valence-electron chi connectivity index (χ3n) is 9.00. The lowest BCUT2D eigenvalue weighted by molar-refractivity contribution is -0.143. The molecule has 6 nitrogen and oxygen atoms in total. The summed E-state index contributed by atoms with van der Waals surface area (Å²) in [5.41, 5.74) is -1.65. The highest BCUT2D eigenvalue weighted by molar-refractivity contribution is 5.75. The van der Waals surface area contributed by atoms with E-state index in [9.17, 15) is 40.3 Å². The Labute approximate surface area is 257 Å². The highest BCUT2D eigenvalue weighted by Crippen LogP contribution is 2.38. The fraction of sp³-hybridized carbons (Fsp3) is 0.562. The number of aryl methyl sites for hydroxylation is 1. The molecule has 1 aliphatic heterocycles. The molecule has 1 heterocycles. The number of alkyl halides is 6. The molecule has 2 atom stereocenters. The molecule has 1 saturated heterocycles. The van der Waals surface area contributed by atoms with Crippen LogP contribution in [0.3, 0.4) is 0 Å². The summed E-state index contributed by atoms with van der Waals surface area (Å²) in [6, 6.07) is 4.74. The van der Waals surface area contributed by atoms with Crippen molar-refractivity contribution in [1.82, 2.24) is 15.1 Å². The maximum atomic E-state index is 14.0. The fourth-order valence-corrected chi connectivity index (χ4v) is 6.48. The molecule has 2 aromatic rings. The lowest BCUT2D eigenvalue weighted by atomic mass is 9.80. The maximum absolute atomic E-state index is 14.0. The molecule has 1 unspecified atom stereocenters. The molecular formula is C32H38F7N3O3. The topological polar surface area (TPSA) is 72.9 Å². The summed E-state index contributed by atoms with van der Waals surface area (Å²) in [6.45, 7) is 5.04. The standard InChI is InChI=1S/C32H38F7N3O3/c1-19-11-26(33)7-8-27(19)28-18-41(17-22-5-3-21(4-6-22)12-29(43)44)9-10-42(28)30(45)40-16-20(2)23-13-24(31(34,35)36)15-25(14-23)32(37,38)39/h7-8,11,13-15,20-22,28H,3-6,9-10,12,16-18H2,1-2H3,(H,40,45)(H,43,44)/t20-,21?,22?,28?/m0/s1. The second-order valence-corrected chi connectivity index (χ2v) is 12.4. The third-order valence-corrected chi connectivity index (χ3v) is 9.00. The molecular weight excluding hydrogens is 607 g/mol. The van der Waals surface area contributed by atoms with Crippen molar-refractivity contribution < 1.29 is 45.4 Å². The van der Waals surface area contributed by atoms with Crippen LogP contribution in [0.15, 0.2) is 36.4 Å². The fourth-order valence-electron chi connectivity index (χ4n) is 6.48. The van der Waals surface area contributed by atoms with E-state index < -0.39 is 53.3 Å². The van der Waals surface area contributed by atoms with Gasteiger partial charge in [0.15, 0.2) is 0 Å². The van der Waals surface area contributed by atoms with Gasteiger partial charge in [0.1, 0.15) is 5.82 Å². The number of aliphatic carboxylic acids is 1. The van der Waals surface area contributed by atoms with Crippen LogP contribution in [0, 0.1) is 24.6 Å². The number of nitrogens with zero attached hydrogens (tertiary/aromatic N) is 2. The largest absolute Gasteiger partial charge is 0.481 e. The van der Waals surface area contributed by atoms with E-state index in [1.54, 1.807) is 17.9 Å². The molecule has 4 rings (SSSR count). The van der Waals surface area contributed by atoms with Crippen molar-refractivity contribution >= 4 is 12.0 Å². The van der Waals surface area contributed by atoms with E-state index in [4.69, 9.17) is 5.11 Å². The first-order valence-electron chi connectivity index (χ1n) is 15.0. The van der Waals surface area contributed by atoms with Gasteiger partial charge in [0.05, 0.1) is 17.2 Å². The van der Waals surface area contributed by atoms with Gasteiger partial charge in [0.2, 0.25) is 0 Å². The number of halogens is 7. The van der Waals surface area contributed by atoms with Crippen LogP contribution in [0.1, 0.15) is 78.8 Å². The summed E-state index contributed by atoms with van der Waals surface area (Å²) in [4.78, 5) is 28.4. The van der Waals surface area contributed by atoms with Crippen LogP contribution < -0.4 is 5.32 Å². The molecule has 0 bridgehead atoms. The molecule has 2 aromatic carbocycles. The number of carboxylic acid groups (broad SMARTS) is 1. The molecule has 0 spiro atoms. The van der Waals surface area contributed by atoms with Gasteiger partial charge >= 0.3 is 24.4 Å². The zero-order valence-electron chi connectivity index (χ0n) is 25.1. The Hall–Kier alpha value is -3.35. The van der Waals surface area contributed by atoms with E-state index in [0.717, 1.165) is 37.8 Å². The Morgan fingerprint density at radius 2 is 1.53 bits per heavy atom. The first kappa shape index (κ1) is 34.5. The highest BCUT2D eigenvalue weighted by atomic mass is 19.4. The Balaban J connectivity index is 1.46. The van der Waals surface area contributed by atoms with Crippen molar-refractivity contribution in [1.29, 1.82) is 0 Å². The van der Waals surface area contributed by atoms with Gasteiger partial charge in [-0.2, -0.15) is 26.3 Å². The Kier molecular flexibility index (Phi) is 10.7. The second-order valence-electron chi connectivity index (χ2n) is 12.4. The second kappa shape index (κ2) is 14.0. The van der Waals surface area contributed by atoms with Gasteiger partial charge in [0.25, 0.3) is 0 Å². The van der Waals surface area contributed by atoms with Gasteiger partial charge in [0, 0.05) is 39.1 Å². The molecule has 0 aromatic heterocycles. The minimum absolute atomic E-state index is 0.0750. The van der Waals surface area contributed by atoms with Gasteiger partial charge in [-0.15, -0.1) is 0 Å². The number of amides is 2. The van der Waals surface area contributed by atoms with Crippen LogP contribution in [-0.2, 0) is 17.1 Å². The smallest absolute Gasteiger partial charge is 0.416 e. The minimum atomic E-state index is -4.98. The van der Waals surface area contributed by atoms with E-state index >= 15 is 0 Å². The number of carbonyl (C=O) groups is 2. The van der Waals surface area contributed by atoms with Crippen molar-refractivity contribution in [3.05, 3.63) is 70.0 Å². The summed E-state index contributed by atoms with van der Waals surface area (Å²) in [5.74, 6) is -1.53. The van der Waals surface area contributed by atoms with Crippen LogP contribution in [0.5, 0.6) is 0 Å². The molecule has 2 N–H and O–H groups in total. The van der Waals surface area contributed by atoms with Crippen molar-refractivity contribution in [2.24, 2.45) is 11.8 Å². The Morgan fingerprint density at radius 3 is 2.09 bits per heavy atom. The predicted molar refractivity (Wildman–Crippen MR) is 153 cm³/mol. The van der Waals surface area contributed by atoms with E-state index in [1.807, 2.05) is 0 Å². The molecule has 248 valence electrons. The maximum Gasteiger partial charge on any atom is 0.416 e. The van der Waals surface area contributed by atoms with Crippen LogP contribution in [0.4, 0.5) is 35.5 Å². The van der Waals surface area contributed by atoms with Crippen molar-refractivity contribution in [3.8, 4) is 0 Å².